The molecule has 1 amide bonds. The van der Waals surface area contributed by atoms with Gasteiger partial charge in [0, 0.05) is 25.7 Å². The van der Waals surface area contributed by atoms with Crippen LogP contribution in [0.15, 0.2) is 0 Å². The Morgan fingerprint density at radius 1 is 1.11 bits per heavy atom. The first kappa shape index (κ1) is 14.8. The summed E-state index contributed by atoms with van der Waals surface area (Å²) in [6.45, 7) is 6.10. The lowest BCUT2D eigenvalue weighted by Gasteiger charge is -2.37. The smallest absolute Gasteiger partial charge is 0.239 e. The average molecular weight is 267 g/mol. The van der Waals surface area contributed by atoms with Crippen LogP contribution in [0.1, 0.15) is 45.4 Å². The summed E-state index contributed by atoms with van der Waals surface area (Å²) in [5, 5.41) is 3.35. The Balaban J connectivity index is 1.89. The van der Waals surface area contributed by atoms with E-state index in [-0.39, 0.29) is 6.04 Å². The Bertz CT molecular complexity index is 287. The molecule has 2 aliphatic heterocycles. The number of piperidine rings is 1. The largest absolute Gasteiger partial charge is 0.341 e. The summed E-state index contributed by atoms with van der Waals surface area (Å²) in [5.41, 5.74) is 0. The maximum atomic E-state index is 12.6. The average Bonchev–Trinajstić information content (AvgIpc) is 2.75. The topological polar surface area (TPSA) is 35.6 Å². The number of likely N-dealkylation sites (tertiary alicyclic amines) is 2. The van der Waals surface area contributed by atoms with Crippen LogP contribution in [0, 0.1) is 0 Å². The van der Waals surface area contributed by atoms with Crippen molar-refractivity contribution in [2.45, 2.75) is 57.5 Å². The van der Waals surface area contributed by atoms with E-state index in [1.165, 1.54) is 38.5 Å². The molecule has 0 saturated carbocycles. The summed E-state index contributed by atoms with van der Waals surface area (Å²) in [4.78, 5) is 17.1. The quantitative estimate of drug-likeness (QED) is 0.841. The molecule has 2 saturated heterocycles. The molecular weight excluding hydrogens is 238 g/mol. The summed E-state index contributed by atoms with van der Waals surface area (Å²) in [6.07, 6.45) is 7.35. The number of hydrogen-bond donors (Lipinski definition) is 1. The fourth-order valence-corrected chi connectivity index (χ4v) is 3.31. The van der Waals surface area contributed by atoms with Crippen LogP contribution in [0.5, 0.6) is 0 Å². The highest BCUT2D eigenvalue weighted by atomic mass is 16.2. The number of likely N-dealkylation sites (N-methyl/N-ethyl adjacent to an activating group) is 1. The Kier molecular flexibility index (Phi) is 5.64. The Labute approximate surface area is 117 Å². The van der Waals surface area contributed by atoms with Crippen LogP contribution in [-0.2, 0) is 4.79 Å². The number of nitrogens with one attached hydrogen (secondary N) is 1. The first-order valence-corrected chi connectivity index (χ1v) is 7.92. The Hall–Kier alpha value is -0.610. The lowest BCUT2D eigenvalue weighted by molar-refractivity contribution is -0.136. The van der Waals surface area contributed by atoms with Gasteiger partial charge in [-0.2, -0.15) is 0 Å². The normalized spacial score (nSPS) is 27.9. The molecule has 0 bridgehead atoms. The third kappa shape index (κ3) is 3.93. The zero-order chi connectivity index (χ0) is 13.7. The number of rotatable bonds is 3. The highest BCUT2D eigenvalue weighted by molar-refractivity contribution is 5.81. The van der Waals surface area contributed by atoms with E-state index in [0.717, 1.165) is 26.2 Å². The van der Waals surface area contributed by atoms with Gasteiger partial charge in [0.25, 0.3) is 0 Å². The van der Waals surface area contributed by atoms with Crippen molar-refractivity contribution >= 4 is 5.91 Å². The number of carbonyl (C=O) groups is 1. The summed E-state index contributed by atoms with van der Waals surface area (Å²) in [5.74, 6) is 0.346. The molecule has 0 aliphatic carbocycles. The predicted octanol–water partition coefficient (Wildman–Crippen LogP) is 1.46. The SMILES string of the molecule is CNC1CCCN(C(C)C(=O)N2CCCCCC2)C1. The van der Waals surface area contributed by atoms with E-state index in [0.29, 0.717) is 11.9 Å². The molecule has 2 rings (SSSR count). The van der Waals surface area contributed by atoms with Crippen LogP contribution in [0.25, 0.3) is 0 Å². The number of carbonyl (C=O) groups excluding carboxylic acids is 1. The summed E-state index contributed by atoms with van der Waals surface area (Å²) in [7, 11) is 2.02. The Morgan fingerprint density at radius 3 is 2.42 bits per heavy atom. The molecule has 0 aromatic heterocycles. The molecule has 110 valence electrons. The fraction of sp³-hybridized carbons (Fsp3) is 0.933. The molecule has 2 heterocycles. The highest BCUT2D eigenvalue weighted by Gasteiger charge is 2.29. The van der Waals surface area contributed by atoms with Crippen molar-refractivity contribution in [1.29, 1.82) is 0 Å². The second-order valence-corrected chi connectivity index (χ2v) is 6.04. The van der Waals surface area contributed by atoms with E-state index in [1.807, 2.05) is 7.05 Å². The molecule has 0 aromatic rings. The zero-order valence-electron chi connectivity index (χ0n) is 12.5. The molecule has 1 N–H and O–H groups in total. The van der Waals surface area contributed by atoms with Gasteiger partial charge in [-0.25, -0.2) is 0 Å². The summed E-state index contributed by atoms with van der Waals surface area (Å²) >= 11 is 0. The maximum absolute atomic E-state index is 12.6. The third-order valence-corrected chi connectivity index (χ3v) is 4.68. The highest BCUT2D eigenvalue weighted by Crippen LogP contribution is 2.16. The number of amides is 1. The van der Waals surface area contributed by atoms with Crippen LogP contribution in [0.3, 0.4) is 0 Å². The Morgan fingerprint density at radius 2 is 1.79 bits per heavy atom. The maximum Gasteiger partial charge on any atom is 0.239 e. The minimum atomic E-state index is 0.0502. The van der Waals surface area contributed by atoms with Crippen molar-refractivity contribution in [3.8, 4) is 0 Å². The van der Waals surface area contributed by atoms with Gasteiger partial charge in [0.15, 0.2) is 0 Å². The van der Waals surface area contributed by atoms with Gasteiger partial charge in [-0.3, -0.25) is 9.69 Å². The van der Waals surface area contributed by atoms with E-state index >= 15 is 0 Å². The molecule has 2 aliphatic rings. The van der Waals surface area contributed by atoms with Gasteiger partial charge < -0.3 is 10.2 Å². The molecule has 2 atom stereocenters. The summed E-state index contributed by atoms with van der Waals surface area (Å²) in [6, 6.07) is 0.599. The van der Waals surface area contributed by atoms with E-state index in [2.05, 4.69) is 22.0 Å². The van der Waals surface area contributed by atoms with Gasteiger partial charge in [-0.05, 0) is 46.2 Å². The van der Waals surface area contributed by atoms with Crippen molar-refractivity contribution in [2.24, 2.45) is 0 Å². The van der Waals surface area contributed by atoms with Gasteiger partial charge in [-0.1, -0.05) is 12.8 Å². The monoisotopic (exact) mass is 267 g/mol. The van der Waals surface area contributed by atoms with Gasteiger partial charge in [0.2, 0.25) is 5.91 Å². The molecule has 0 radical (unpaired) electrons. The lowest BCUT2D eigenvalue weighted by atomic mass is 10.0. The molecule has 19 heavy (non-hydrogen) atoms. The van der Waals surface area contributed by atoms with E-state index in [9.17, 15) is 4.79 Å². The van der Waals surface area contributed by atoms with Gasteiger partial charge >= 0.3 is 0 Å². The number of hydrogen-bond acceptors (Lipinski definition) is 3. The van der Waals surface area contributed by atoms with E-state index in [4.69, 9.17) is 0 Å². The molecule has 0 aromatic carbocycles. The number of nitrogens with zero attached hydrogens (tertiary/aromatic N) is 2. The van der Waals surface area contributed by atoms with Crippen molar-refractivity contribution in [1.82, 2.24) is 15.1 Å². The second-order valence-electron chi connectivity index (χ2n) is 6.04. The first-order valence-electron chi connectivity index (χ1n) is 7.92. The molecule has 0 spiro atoms. The molecule has 4 heteroatoms. The molecule has 4 nitrogen and oxygen atoms in total. The van der Waals surface area contributed by atoms with Gasteiger partial charge in [0.05, 0.1) is 6.04 Å². The van der Waals surface area contributed by atoms with Crippen LogP contribution < -0.4 is 5.32 Å². The molecular formula is C15H29N3O. The lowest BCUT2D eigenvalue weighted by Crippen LogP contribution is -2.53. The van der Waals surface area contributed by atoms with Gasteiger partial charge in [0.1, 0.15) is 0 Å². The van der Waals surface area contributed by atoms with Crippen molar-refractivity contribution in [3.63, 3.8) is 0 Å². The van der Waals surface area contributed by atoms with Crippen LogP contribution >= 0.6 is 0 Å². The predicted molar refractivity (Wildman–Crippen MR) is 78.2 cm³/mol. The first-order chi connectivity index (χ1) is 9.22. The molecule has 2 fully saturated rings. The van der Waals surface area contributed by atoms with Crippen LogP contribution in [0.4, 0.5) is 0 Å². The standard InChI is InChI=1S/C15H29N3O/c1-13(18-11-7-8-14(12-18)16-2)15(19)17-9-5-3-4-6-10-17/h13-14,16H,3-12H2,1-2H3. The van der Waals surface area contributed by atoms with Gasteiger partial charge in [-0.15, -0.1) is 0 Å². The zero-order valence-corrected chi connectivity index (χ0v) is 12.5. The fourth-order valence-electron chi connectivity index (χ4n) is 3.31. The van der Waals surface area contributed by atoms with Crippen molar-refractivity contribution < 1.29 is 4.79 Å². The minimum Gasteiger partial charge on any atom is -0.341 e. The van der Waals surface area contributed by atoms with Crippen molar-refractivity contribution in [2.75, 3.05) is 33.2 Å². The van der Waals surface area contributed by atoms with Crippen LogP contribution in [-0.4, -0.2) is 61.0 Å². The van der Waals surface area contributed by atoms with Crippen molar-refractivity contribution in [3.05, 3.63) is 0 Å². The minimum absolute atomic E-state index is 0.0502. The summed E-state index contributed by atoms with van der Waals surface area (Å²) < 4.78 is 0. The molecule has 2 unspecified atom stereocenters. The van der Waals surface area contributed by atoms with E-state index in [1.54, 1.807) is 0 Å². The second kappa shape index (κ2) is 7.25. The van der Waals surface area contributed by atoms with Crippen LogP contribution in [0.2, 0.25) is 0 Å². The van der Waals surface area contributed by atoms with E-state index < -0.39 is 0 Å². The third-order valence-electron chi connectivity index (χ3n) is 4.68.